The molecule has 0 fully saturated rings. The lowest BCUT2D eigenvalue weighted by molar-refractivity contribution is 0.0498. The number of ether oxygens (including phenoxy) is 1. The van der Waals surface area contributed by atoms with Crippen LogP contribution in [-0.4, -0.2) is 24.3 Å². The van der Waals surface area contributed by atoms with Crippen LogP contribution in [0.1, 0.15) is 43.0 Å². The monoisotopic (exact) mass is 296 g/mol. The van der Waals surface area contributed by atoms with Crippen molar-refractivity contribution in [3.05, 3.63) is 29.8 Å². The number of esters is 1. The molecule has 0 aromatic heterocycles. The van der Waals surface area contributed by atoms with E-state index in [0.717, 1.165) is 12.8 Å². The van der Waals surface area contributed by atoms with Crippen LogP contribution >= 0.6 is 11.6 Å². The molecule has 0 aliphatic carbocycles. The van der Waals surface area contributed by atoms with Gasteiger partial charge in [0.1, 0.15) is 5.84 Å². The number of amidine groups is 1. The number of aliphatic imine (C=N–C) groups is 1. The summed E-state index contributed by atoms with van der Waals surface area (Å²) in [6.45, 7) is 2.62. The molecule has 0 aliphatic heterocycles. The van der Waals surface area contributed by atoms with Gasteiger partial charge in [0, 0.05) is 0 Å². The summed E-state index contributed by atoms with van der Waals surface area (Å²) in [5.41, 5.74) is 6.72. The number of hydrogen-bond acceptors (Lipinski definition) is 3. The number of unbranched alkanes of at least 4 members (excludes halogenated alkanes) is 3. The highest BCUT2D eigenvalue weighted by Crippen LogP contribution is 2.14. The molecule has 0 spiro atoms. The molecular weight excluding hydrogens is 276 g/mol. The number of carbonyl (C=O) groups is 1. The van der Waals surface area contributed by atoms with Crippen molar-refractivity contribution in [3.8, 4) is 0 Å². The van der Waals surface area contributed by atoms with E-state index in [1.807, 2.05) is 0 Å². The van der Waals surface area contributed by atoms with Gasteiger partial charge >= 0.3 is 5.97 Å². The van der Waals surface area contributed by atoms with Crippen molar-refractivity contribution in [3.63, 3.8) is 0 Å². The molecule has 0 heterocycles. The van der Waals surface area contributed by atoms with Gasteiger partial charge in [-0.25, -0.2) is 9.79 Å². The molecule has 1 rings (SSSR count). The van der Waals surface area contributed by atoms with Crippen molar-refractivity contribution in [2.24, 2.45) is 10.7 Å². The molecule has 0 unspecified atom stereocenters. The predicted octanol–water partition coefficient (Wildman–Crippen LogP) is 3.65. The van der Waals surface area contributed by atoms with E-state index in [0.29, 0.717) is 23.7 Å². The van der Waals surface area contributed by atoms with Crippen molar-refractivity contribution < 1.29 is 9.53 Å². The van der Waals surface area contributed by atoms with Crippen LogP contribution in [0.2, 0.25) is 0 Å². The number of carbonyl (C=O) groups excluding carboxylic acids is 1. The van der Waals surface area contributed by atoms with Gasteiger partial charge < -0.3 is 10.5 Å². The molecule has 0 atom stereocenters. The summed E-state index contributed by atoms with van der Waals surface area (Å²) in [5.74, 6) is 0.224. The molecule has 0 amide bonds. The van der Waals surface area contributed by atoms with Crippen LogP contribution in [-0.2, 0) is 4.74 Å². The third-order valence-electron chi connectivity index (χ3n) is 2.74. The third kappa shape index (κ3) is 6.06. The third-order valence-corrected chi connectivity index (χ3v) is 3.02. The SMILES string of the molecule is CCCCCCOC(=O)c1ccc(N=C(N)CCl)cc1. The number of rotatable bonds is 8. The molecule has 1 aromatic rings. The number of hydrogen-bond donors (Lipinski definition) is 1. The maximum Gasteiger partial charge on any atom is 0.338 e. The van der Waals surface area contributed by atoms with Gasteiger partial charge in [0.05, 0.1) is 23.7 Å². The standard InChI is InChI=1S/C15H21ClN2O2/c1-2-3-4-5-10-20-15(19)12-6-8-13(9-7-12)18-14(17)11-16/h6-9H,2-5,10-11H2,1H3,(H2,17,18). The van der Waals surface area contributed by atoms with Crippen LogP contribution in [0.3, 0.4) is 0 Å². The summed E-state index contributed by atoms with van der Waals surface area (Å²) in [4.78, 5) is 15.8. The average molecular weight is 297 g/mol. The molecule has 1 aromatic carbocycles. The fourth-order valence-corrected chi connectivity index (χ4v) is 1.70. The molecule has 0 aliphatic rings. The molecule has 5 heteroatoms. The summed E-state index contributed by atoms with van der Waals surface area (Å²) in [7, 11) is 0. The summed E-state index contributed by atoms with van der Waals surface area (Å²) in [6.07, 6.45) is 4.34. The Morgan fingerprint density at radius 1 is 1.25 bits per heavy atom. The summed E-state index contributed by atoms with van der Waals surface area (Å²) in [5, 5.41) is 0. The zero-order valence-electron chi connectivity index (χ0n) is 11.8. The van der Waals surface area contributed by atoms with Crippen LogP contribution in [0.4, 0.5) is 5.69 Å². The summed E-state index contributed by atoms with van der Waals surface area (Å²) < 4.78 is 5.20. The van der Waals surface area contributed by atoms with E-state index in [9.17, 15) is 4.79 Å². The lowest BCUT2D eigenvalue weighted by atomic mass is 10.2. The number of benzene rings is 1. The topological polar surface area (TPSA) is 64.7 Å². The van der Waals surface area contributed by atoms with Crippen LogP contribution in [0.25, 0.3) is 0 Å². The molecule has 2 N–H and O–H groups in total. The van der Waals surface area contributed by atoms with Gasteiger partial charge in [-0.1, -0.05) is 26.2 Å². The van der Waals surface area contributed by atoms with Crippen LogP contribution in [0.15, 0.2) is 29.3 Å². The zero-order chi connectivity index (χ0) is 14.8. The number of alkyl halides is 1. The lowest BCUT2D eigenvalue weighted by Crippen LogP contribution is -2.12. The van der Waals surface area contributed by atoms with Crippen molar-refractivity contribution >= 4 is 29.1 Å². The maximum absolute atomic E-state index is 11.8. The van der Waals surface area contributed by atoms with Gasteiger partial charge in [-0.3, -0.25) is 0 Å². The quantitative estimate of drug-likeness (QED) is 0.262. The molecule has 0 bridgehead atoms. The normalized spacial score (nSPS) is 11.4. The fourth-order valence-electron chi connectivity index (χ4n) is 1.64. The van der Waals surface area contributed by atoms with Gasteiger partial charge in [0.15, 0.2) is 0 Å². The van der Waals surface area contributed by atoms with E-state index in [2.05, 4.69) is 11.9 Å². The number of nitrogens with two attached hydrogens (primary N) is 1. The molecule has 110 valence electrons. The Morgan fingerprint density at radius 3 is 2.55 bits per heavy atom. The minimum absolute atomic E-state index is 0.182. The first-order chi connectivity index (χ1) is 9.67. The van der Waals surface area contributed by atoms with E-state index < -0.39 is 0 Å². The predicted molar refractivity (Wildman–Crippen MR) is 82.9 cm³/mol. The van der Waals surface area contributed by atoms with Gasteiger partial charge in [-0.05, 0) is 30.7 Å². The van der Waals surface area contributed by atoms with Crippen LogP contribution < -0.4 is 5.73 Å². The minimum Gasteiger partial charge on any atom is -0.462 e. The number of halogens is 1. The van der Waals surface area contributed by atoms with Gasteiger partial charge in [-0.15, -0.1) is 11.6 Å². The second kappa shape index (κ2) is 9.37. The second-order valence-corrected chi connectivity index (χ2v) is 4.75. The smallest absolute Gasteiger partial charge is 0.338 e. The minimum atomic E-state index is -0.303. The summed E-state index contributed by atoms with van der Waals surface area (Å²) in [6, 6.07) is 6.78. The first kappa shape index (κ1) is 16.5. The molecule has 4 nitrogen and oxygen atoms in total. The highest BCUT2D eigenvalue weighted by atomic mass is 35.5. The van der Waals surface area contributed by atoms with Crippen LogP contribution in [0.5, 0.6) is 0 Å². The summed E-state index contributed by atoms with van der Waals surface area (Å²) >= 11 is 5.55. The molecule has 0 radical (unpaired) electrons. The largest absolute Gasteiger partial charge is 0.462 e. The Kier molecular flexibility index (Phi) is 7.73. The lowest BCUT2D eigenvalue weighted by Gasteiger charge is -2.05. The molecule has 0 saturated heterocycles. The first-order valence-corrected chi connectivity index (χ1v) is 7.37. The molecular formula is C15H21ClN2O2. The molecule has 0 saturated carbocycles. The Morgan fingerprint density at radius 2 is 1.95 bits per heavy atom. The van der Waals surface area contributed by atoms with Gasteiger partial charge in [-0.2, -0.15) is 0 Å². The first-order valence-electron chi connectivity index (χ1n) is 6.83. The van der Waals surface area contributed by atoms with E-state index >= 15 is 0 Å². The average Bonchev–Trinajstić information content (AvgIpc) is 2.47. The highest BCUT2D eigenvalue weighted by molar-refractivity contribution is 6.28. The fraction of sp³-hybridized carbons (Fsp3) is 0.467. The van der Waals surface area contributed by atoms with Crippen molar-refractivity contribution in [1.29, 1.82) is 0 Å². The second-order valence-electron chi connectivity index (χ2n) is 4.48. The van der Waals surface area contributed by atoms with E-state index in [1.165, 1.54) is 12.8 Å². The number of nitrogens with zero attached hydrogens (tertiary/aromatic N) is 1. The highest BCUT2D eigenvalue weighted by Gasteiger charge is 2.06. The Bertz CT molecular complexity index is 444. The zero-order valence-corrected chi connectivity index (χ0v) is 12.5. The van der Waals surface area contributed by atoms with E-state index in [-0.39, 0.29) is 11.8 Å². The van der Waals surface area contributed by atoms with Crippen molar-refractivity contribution in [2.75, 3.05) is 12.5 Å². The van der Waals surface area contributed by atoms with Gasteiger partial charge in [0.2, 0.25) is 0 Å². The Labute approximate surface area is 125 Å². The Balaban J connectivity index is 2.45. The van der Waals surface area contributed by atoms with Gasteiger partial charge in [0.25, 0.3) is 0 Å². The van der Waals surface area contributed by atoms with E-state index in [1.54, 1.807) is 24.3 Å². The molecule has 20 heavy (non-hydrogen) atoms. The maximum atomic E-state index is 11.8. The Hall–Kier alpha value is -1.55. The van der Waals surface area contributed by atoms with Crippen molar-refractivity contribution in [2.45, 2.75) is 32.6 Å². The van der Waals surface area contributed by atoms with E-state index in [4.69, 9.17) is 22.1 Å². The van der Waals surface area contributed by atoms with Crippen molar-refractivity contribution in [1.82, 2.24) is 0 Å². The van der Waals surface area contributed by atoms with Crippen LogP contribution in [0, 0.1) is 0 Å².